The minimum atomic E-state index is 0.194. The number of rotatable bonds is 2. The molecule has 0 saturated carbocycles. The van der Waals surface area contributed by atoms with E-state index < -0.39 is 0 Å². The smallest absolute Gasteiger partial charge is 0.160 e. The molecule has 20 heavy (non-hydrogen) atoms. The number of aryl methyl sites for hydroxylation is 1. The first-order valence-electron chi connectivity index (χ1n) is 6.92. The predicted octanol–water partition coefficient (Wildman–Crippen LogP) is 1.56. The third kappa shape index (κ3) is 1.65. The molecule has 6 heteroatoms. The Balaban J connectivity index is 1.79. The lowest BCUT2D eigenvalue weighted by atomic mass is 10.0. The monoisotopic (exact) mass is 268 g/mol. The van der Waals surface area contributed by atoms with Crippen LogP contribution in [0.5, 0.6) is 0 Å². The summed E-state index contributed by atoms with van der Waals surface area (Å²) in [5, 5.41) is 3.53. The summed E-state index contributed by atoms with van der Waals surface area (Å²) in [6, 6.07) is 4.14. The molecule has 1 aliphatic heterocycles. The molecule has 3 aromatic rings. The van der Waals surface area contributed by atoms with E-state index in [4.69, 9.17) is 4.98 Å². The van der Waals surface area contributed by atoms with Gasteiger partial charge in [-0.3, -0.25) is 0 Å². The van der Waals surface area contributed by atoms with E-state index in [-0.39, 0.29) is 6.04 Å². The zero-order valence-electron chi connectivity index (χ0n) is 11.3. The molecule has 0 radical (unpaired) electrons. The molecule has 4 rings (SSSR count). The summed E-state index contributed by atoms with van der Waals surface area (Å²) in [4.78, 5) is 16.8. The largest absolute Gasteiger partial charge is 0.347 e. The minimum absolute atomic E-state index is 0.194. The van der Waals surface area contributed by atoms with Crippen LogP contribution in [0.2, 0.25) is 0 Å². The van der Waals surface area contributed by atoms with Gasteiger partial charge in [0.05, 0.1) is 23.8 Å². The van der Waals surface area contributed by atoms with E-state index in [0.29, 0.717) is 0 Å². The summed E-state index contributed by atoms with van der Waals surface area (Å²) in [5.41, 5.74) is 4.23. The van der Waals surface area contributed by atoms with E-state index in [1.165, 1.54) is 5.69 Å². The number of pyridine rings is 1. The average Bonchev–Trinajstić information content (AvgIpc) is 3.10. The molecule has 1 unspecified atom stereocenters. The molecule has 1 atom stereocenters. The van der Waals surface area contributed by atoms with Crippen LogP contribution in [0.4, 0.5) is 0 Å². The Morgan fingerprint density at radius 2 is 2.35 bits per heavy atom. The van der Waals surface area contributed by atoms with Crippen LogP contribution in [0.15, 0.2) is 24.7 Å². The van der Waals surface area contributed by atoms with Crippen molar-refractivity contribution in [1.29, 1.82) is 0 Å². The summed E-state index contributed by atoms with van der Waals surface area (Å²) in [7, 11) is 0. The number of H-pyrrole nitrogens is 1. The van der Waals surface area contributed by atoms with Crippen LogP contribution in [-0.2, 0) is 19.5 Å². The maximum Gasteiger partial charge on any atom is 0.160 e. The van der Waals surface area contributed by atoms with Crippen molar-refractivity contribution >= 4 is 11.2 Å². The number of nitrogens with zero attached hydrogens (tertiary/aromatic N) is 4. The van der Waals surface area contributed by atoms with Crippen LogP contribution in [-0.4, -0.2) is 24.5 Å². The molecular formula is C14H16N6. The molecule has 0 fully saturated rings. The van der Waals surface area contributed by atoms with Gasteiger partial charge in [-0.05, 0) is 19.1 Å². The van der Waals surface area contributed by atoms with Crippen molar-refractivity contribution in [1.82, 2.24) is 29.8 Å². The molecule has 102 valence electrons. The summed E-state index contributed by atoms with van der Waals surface area (Å²) >= 11 is 0. The van der Waals surface area contributed by atoms with Gasteiger partial charge < -0.3 is 14.9 Å². The van der Waals surface area contributed by atoms with Crippen molar-refractivity contribution in [2.45, 2.75) is 32.5 Å². The van der Waals surface area contributed by atoms with E-state index in [2.05, 4.69) is 31.8 Å². The van der Waals surface area contributed by atoms with Crippen molar-refractivity contribution in [2.24, 2.45) is 0 Å². The van der Waals surface area contributed by atoms with Gasteiger partial charge in [0.2, 0.25) is 0 Å². The fourth-order valence-electron chi connectivity index (χ4n) is 2.91. The minimum Gasteiger partial charge on any atom is -0.347 e. The number of nitrogens with one attached hydrogen (secondary N) is 2. The third-order valence-electron chi connectivity index (χ3n) is 3.89. The van der Waals surface area contributed by atoms with Crippen molar-refractivity contribution in [3.05, 3.63) is 41.9 Å². The molecule has 0 spiro atoms. The zero-order valence-corrected chi connectivity index (χ0v) is 11.3. The van der Waals surface area contributed by atoms with Crippen LogP contribution < -0.4 is 5.32 Å². The Morgan fingerprint density at radius 1 is 1.40 bits per heavy atom. The highest BCUT2D eigenvalue weighted by Gasteiger charge is 2.26. The Hall–Kier alpha value is -2.21. The molecule has 0 saturated heterocycles. The maximum atomic E-state index is 4.76. The van der Waals surface area contributed by atoms with Crippen molar-refractivity contribution in [3.63, 3.8) is 0 Å². The highest BCUT2D eigenvalue weighted by Crippen LogP contribution is 2.25. The SMILES string of the molecule is CCn1c(C2Cc3nc[nH]c3CN2)nc2cccnc21. The van der Waals surface area contributed by atoms with Gasteiger partial charge in [0.15, 0.2) is 5.65 Å². The quantitative estimate of drug-likeness (QED) is 0.740. The number of aromatic amines is 1. The number of hydrogen-bond acceptors (Lipinski definition) is 4. The van der Waals surface area contributed by atoms with E-state index >= 15 is 0 Å². The van der Waals surface area contributed by atoms with Gasteiger partial charge in [0.1, 0.15) is 11.3 Å². The van der Waals surface area contributed by atoms with Gasteiger partial charge in [0.25, 0.3) is 0 Å². The lowest BCUT2D eigenvalue weighted by Crippen LogP contribution is -2.30. The highest BCUT2D eigenvalue weighted by molar-refractivity contribution is 5.71. The van der Waals surface area contributed by atoms with Crippen LogP contribution in [0.3, 0.4) is 0 Å². The standard InChI is InChI=1S/C14H16N6/c1-2-20-13-9(4-3-5-15-13)19-14(20)11-6-10-12(7-16-11)18-8-17-10/h3-5,8,11,16H,2,6-7H2,1H3,(H,17,18). The van der Waals surface area contributed by atoms with Crippen LogP contribution in [0.25, 0.3) is 11.2 Å². The third-order valence-corrected chi connectivity index (χ3v) is 3.89. The normalized spacial score (nSPS) is 18.4. The summed E-state index contributed by atoms with van der Waals surface area (Å²) in [6.07, 6.45) is 4.45. The molecule has 6 nitrogen and oxygen atoms in total. The van der Waals surface area contributed by atoms with Gasteiger partial charge in [-0.1, -0.05) is 0 Å². The molecule has 2 N–H and O–H groups in total. The van der Waals surface area contributed by atoms with Gasteiger partial charge in [-0.15, -0.1) is 0 Å². The Labute approximate surface area is 116 Å². The molecule has 0 amide bonds. The van der Waals surface area contributed by atoms with Crippen LogP contribution in [0, 0.1) is 0 Å². The molecular weight excluding hydrogens is 252 g/mol. The number of aromatic nitrogens is 5. The van der Waals surface area contributed by atoms with Gasteiger partial charge in [0, 0.05) is 25.7 Å². The Morgan fingerprint density at radius 3 is 3.25 bits per heavy atom. The predicted molar refractivity (Wildman–Crippen MR) is 75.1 cm³/mol. The van der Waals surface area contributed by atoms with E-state index in [1.807, 2.05) is 18.3 Å². The van der Waals surface area contributed by atoms with Crippen molar-refractivity contribution < 1.29 is 0 Å². The second kappa shape index (κ2) is 4.42. The zero-order chi connectivity index (χ0) is 13.5. The number of imidazole rings is 2. The fraction of sp³-hybridized carbons (Fsp3) is 0.357. The number of fused-ring (bicyclic) bond motifs is 2. The first-order valence-corrected chi connectivity index (χ1v) is 6.92. The Bertz CT molecular complexity index is 756. The van der Waals surface area contributed by atoms with Crippen molar-refractivity contribution in [2.75, 3.05) is 0 Å². The highest BCUT2D eigenvalue weighted by atomic mass is 15.2. The van der Waals surface area contributed by atoms with Crippen LogP contribution in [0.1, 0.15) is 30.2 Å². The lowest BCUT2D eigenvalue weighted by molar-refractivity contribution is 0.452. The summed E-state index contributed by atoms with van der Waals surface area (Å²) in [6.45, 7) is 3.80. The molecule has 4 heterocycles. The fourth-order valence-corrected chi connectivity index (χ4v) is 2.91. The summed E-state index contributed by atoms with van der Waals surface area (Å²) in [5.74, 6) is 1.05. The van der Waals surface area contributed by atoms with Gasteiger partial charge in [-0.2, -0.15) is 0 Å². The topological polar surface area (TPSA) is 71.4 Å². The number of hydrogen-bond donors (Lipinski definition) is 2. The van der Waals surface area contributed by atoms with Gasteiger partial charge >= 0.3 is 0 Å². The second-order valence-corrected chi connectivity index (χ2v) is 5.03. The van der Waals surface area contributed by atoms with Crippen LogP contribution >= 0.6 is 0 Å². The molecule has 0 bridgehead atoms. The maximum absolute atomic E-state index is 4.76. The first kappa shape index (κ1) is 11.6. The molecule has 0 aliphatic carbocycles. The molecule has 0 aromatic carbocycles. The van der Waals surface area contributed by atoms with Gasteiger partial charge in [-0.25, -0.2) is 15.0 Å². The second-order valence-electron chi connectivity index (χ2n) is 5.03. The average molecular weight is 268 g/mol. The molecule has 3 aromatic heterocycles. The Kier molecular flexibility index (Phi) is 2.56. The first-order chi connectivity index (χ1) is 9.86. The summed E-state index contributed by atoms with van der Waals surface area (Å²) < 4.78 is 2.19. The van der Waals surface area contributed by atoms with E-state index in [0.717, 1.165) is 42.2 Å². The molecule has 1 aliphatic rings. The lowest BCUT2D eigenvalue weighted by Gasteiger charge is -2.23. The van der Waals surface area contributed by atoms with E-state index in [1.54, 1.807) is 6.33 Å². The van der Waals surface area contributed by atoms with E-state index in [9.17, 15) is 0 Å². The van der Waals surface area contributed by atoms with Crippen molar-refractivity contribution in [3.8, 4) is 0 Å².